The number of ether oxygens (including phenoxy) is 2. The first-order valence-corrected chi connectivity index (χ1v) is 8.70. The third-order valence-electron chi connectivity index (χ3n) is 3.86. The summed E-state index contributed by atoms with van der Waals surface area (Å²) in [7, 11) is 3.16. The lowest BCUT2D eigenvalue weighted by atomic mass is 10.1. The molecular weight excluding hydrogens is 398 g/mol. The molecule has 7 heteroatoms. The number of H-pyrrole nitrogens is 1. The minimum atomic E-state index is -0.226. The standard InChI is InChI=1S/C19H18BrN3O3/c1-25-17-8-3-12(9-18(17)26-2)11-21-19(24)16-10-15(22-23-16)13-4-6-14(20)7-5-13/h3-10H,11H2,1-2H3,(H,21,24)(H,22,23). The van der Waals surface area contributed by atoms with Crippen molar-refractivity contribution in [1.82, 2.24) is 15.5 Å². The molecule has 0 radical (unpaired) electrons. The number of aromatic amines is 1. The second-order valence-electron chi connectivity index (χ2n) is 5.55. The Morgan fingerprint density at radius 3 is 2.50 bits per heavy atom. The van der Waals surface area contributed by atoms with Gasteiger partial charge in [0.1, 0.15) is 5.69 Å². The van der Waals surface area contributed by atoms with Crippen LogP contribution in [0, 0.1) is 0 Å². The van der Waals surface area contributed by atoms with E-state index in [-0.39, 0.29) is 5.91 Å². The molecule has 0 fully saturated rings. The maximum atomic E-state index is 12.3. The molecule has 3 rings (SSSR count). The van der Waals surface area contributed by atoms with Gasteiger partial charge in [0.15, 0.2) is 11.5 Å². The zero-order valence-corrected chi connectivity index (χ0v) is 16.0. The van der Waals surface area contributed by atoms with Gasteiger partial charge in [-0.05, 0) is 35.9 Å². The number of halogens is 1. The third-order valence-corrected chi connectivity index (χ3v) is 4.39. The molecule has 134 valence electrons. The normalized spacial score (nSPS) is 10.4. The van der Waals surface area contributed by atoms with Crippen molar-refractivity contribution >= 4 is 21.8 Å². The van der Waals surface area contributed by atoms with Gasteiger partial charge in [-0.2, -0.15) is 5.10 Å². The molecule has 26 heavy (non-hydrogen) atoms. The van der Waals surface area contributed by atoms with Gasteiger partial charge in [-0.1, -0.05) is 34.1 Å². The molecule has 0 aliphatic heterocycles. The van der Waals surface area contributed by atoms with Crippen LogP contribution in [0.3, 0.4) is 0 Å². The quantitative estimate of drug-likeness (QED) is 0.641. The lowest BCUT2D eigenvalue weighted by Crippen LogP contribution is -2.23. The average Bonchev–Trinajstić information content (AvgIpc) is 3.16. The van der Waals surface area contributed by atoms with E-state index in [1.807, 2.05) is 42.5 Å². The van der Waals surface area contributed by atoms with Crippen molar-refractivity contribution in [2.45, 2.75) is 6.54 Å². The minimum Gasteiger partial charge on any atom is -0.493 e. The lowest BCUT2D eigenvalue weighted by molar-refractivity contribution is 0.0946. The fourth-order valence-electron chi connectivity index (χ4n) is 2.47. The molecule has 0 saturated heterocycles. The van der Waals surface area contributed by atoms with Gasteiger partial charge in [-0.25, -0.2) is 0 Å². The highest BCUT2D eigenvalue weighted by atomic mass is 79.9. The largest absolute Gasteiger partial charge is 0.493 e. The number of methoxy groups -OCH3 is 2. The summed E-state index contributed by atoms with van der Waals surface area (Å²) in [5, 5.41) is 9.85. The Bertz CT molecular complexity index is 907. The number of hydrogen-bond donors (Lipinski definition) is 2. The molecule has 0 aliphatic carbocycles. The first kappa shape index (κ1) is 18.0. The predicted molar refractivity (Wildman–Crippen MR) is 102 cm³/mol. The first-order chi connectivity index (χ1) is 12.6. The Morgan fingerprint density at radius 1 is 1.08 bits per heavy atom. The molecule has 0 unspecified atom stereocenters. The summed E-state index contributed by atoms with van der Waals surface area (Å²) in [4.78, 5) is 12.3. The summed E-state index contributed by atoms with van der Waals surface area (Å²) < 4.78 is 11.5. The van der Waals surface area contributed by atoms with Crippen molar-refractivity contribution in [1.29, 1.82) is 0 Å². The Kier molecular flexibility index (Phi) is 5.58. The highest BCUT2D eigenvalue weighted by molar-refractivity contribution is 9.10. The van der Waals surface area contributed by atoms with Crippen molar-refractivity contribution in [2.75, 3.05) is 14.2 Å². The van der Waals surface area contributed by atoms with Crippen LogP contribution in [0.25, 0.3) is 11.3 Å². The molecule has 1 heterocycles. The van der Waals surface area contributed by atoms with Crippen LogP contribution in [-0.4, -0.2) is 30.3 Å². The zero-order chi connectivity index (χ0) is 18.5. The third kappa shape index (κ3) is 4.05. The van der Waals surface area contributed by atoms with Gasteiger partial charge in [0.2, 0.25) is 0 Å². The van der Waals surface area contributed by atoms with Gasteiger partial charge in [0, 0.05) is 16.6 Å². The monoisotopic (exact) mass is 415 g/mol. The van der Waals surface area contributed by atoms with Gasteiger partial charge in [0.25, 0.3) is 5.91 Å². The highest BCUT2D eigenvalue weighted by Crippen LogP contribution is 2.27. The molecule has 3 aromatic rings. The number of nitrogens with one attached hydrogen (secondary N) is 2. The molecular formula is C19H18BrN3O3. The summed E-state index contributed by atoms with van der Waals surface area (Å²) in [5.41, 5.74) is 2.96. The summed E-state index contributed by atoms with van der Waals surface area (Å²) in [6.45, 7) is 0.367. The summed E-state index contributed by atoms with van der Waals surface area (Å²) in [6.07, 6.45) is 0. The van der Waals surface area contributed by atoms with Crippen LogP contribution in [0.1, 0.15) is 16.1 Å². The van der Waals surface area contributed by atoms with Crippen molar-refractivity contribution in [2.24, 2.45) is 0 Å². The maximum absolute atomic E-state index is 12.3. The van der Waals surface area contributed by atoms with Gasteiger partial charge >= 0.3 is 0 Å². The lowest BCUT2D eigenvalue weighted by Gasteiger charge is -2.10. The van der Waals surface area contributed by atoms with E-state index < -0.39 is 0 Å². The van der Waals surface area contributed by atoms with Gasteiger partial charge < -0.3 is 14.8 Å². The van der Waals surface area contributed by atoms with E-state index in [4.69, 9.17) is 9.47 Å². The number of aromatic nitrogens is 2. The Balaban J connectivity index is 1.66. The molecule has 0 saturated carbocycles. The highest BCUT2D eigenvalue weighted by Gasteiger charge is 2.12. The minimum absolute atomic E-state index is 0.226. The van der Waals surface area contributed by atoms with Crippen molar-refractivity contribution < 1.29 is 14.3 Å². The molecule has 2 N–H and O–H groups in total. The molecule has 2 aromatic carbocycles. The van der Waals surface area contributed by atoms with Crippen LogP contribution in [0.4, 0.5) is 0 Å². The maximum Gasteiger partial charge on any atom is 0.269 e. The first-order valence-electron chi connectivity index (χ1n) is 7.91. The summed E-state index contributed by atoms with van der Waals surface area (Å²) >= 11 is 3.40. The molecule has 1 amide bonds. The number of carbonyl (C=O) groups is 1. The molecule has 0 aliphatic rings. The van der Waals surface area contributed by atoms with E-state index in [1.54, 1.807) is 20.3 Å². The van der Waals surface area contributed by atoms with Crippen molar-refractivity contribution in [3.05, 3.63) is 64.3 Å². The molecule has 0 spiro atoms. The second kappa shape index (κ2) is 8.05. The summed E-state index contributed by atoms with van der Waals surface area (Å²) in [5.74, 6) is 1.05. The second-order valence-corrected chi connectivity index (χ2v) is 6.46. The van der Waals surface area contributed by atoms with Crippen LogP contribution in [0.2, 0.25) is 0 Å². The van der Waals surface area contributed by atoms with Crippen LogP contribution >= 0.6 is 15.9 Å². The molecule has 1 aromatic heterocycles. The van der Waals surface area contributed by atoms with Crippen molar-refractivity contribution in [3.63, 3.8) is 0 Å². The number of amides is 1. The van der Waals surface area contributed by atoms with E-state index >= 15 is 0 Å². The number of hydrogen-bond acceptors (Lipinski definition) is 4. The fourth-order valence-corrected chi connectivity index (χ4v) is 2.74. The number of nitrogens with zero attached hydrogens (tertiary/aromatic N) is 1. The van der Waals surface area contributed by atoms with Crippen LogP contribution in [0.15, 0.2) is 53.0 Å². The zero-order valence-electron chi connectivity index (χ0n) is 14.4. The van der Waals surface area contributed by atoms with E-state index in [0.29, 0.717) is 29.4 Å². The van der Waals surface area contributed by atoms with E-state index in [2.05, 4.69) is 31.4 Å². The molecule has 6 nitrogen and oxygen atoms in total. The van der Waals surface area contributed by atoms with E-state index in [0.717, 1.165) is 15.6 Å². The number of rotatable bonds is 6. The van der Waals surface area contributed by atoms with Gasteiger partial charge in [-0.3, -0.25) is 9.89 Å². The Labute approximate surface area is 159 Å². The predicted octanol–water partition coefficient (Wildman–Crippen LogP) is 3.79. The smallest absolute Gasteiger partial charge is 0.269 e. The van der Waals surface area contributed by atoms with Crippen LogP contribution in [0.5, 0.6) is 11.5 Å². The van der Waals surface area contributed by atoms with Gasteiger partial charge in [-0.15, -0.1) is 0 Å². The van der Waals surface area contributed by atoms with Gasteiger partial charge in [0.05, 0.1) is 19.9 Å². The van der Waals surface area contributed by atoms with Crippen LogP contribution in [-0.2, 0) is 6.54 Å². The van der Waals surface area contributed by atoms with Crippen molar-refractivity contribution in [3.8, 4) is 22.8 Å². The Hall–Kier alpha value is -2.80. The summed E-state index contributed by atoms with van der Waals surface area (Å²) in [6, 6.07) is 15.0. The average molecular weight is 416 g/mol. The number of benzene rings is 2. The van der Waals surface area contributed by atoms with E-state index in [1.165, 1.54) is 0 Å². The number of carbonyl (C=O) groups excluding carboxylic acids is 1. The topological polar surface area (TPSA) is 76.2 Å². The van der Waals surface area contributed by atoms with Crippen LogP contribution < -0.4 is 14.8 Å². The SMILES string of the molecule is COc1ccc(CNC(=O)c2cc(-c3ccc(Br)cc3)n[nH]2)cc1OC. The van der Waals surface area contributed by atoms with E-state index in [9.17, 15) is 4.79 Å². The molecule has 0 bridgehead atoms. The molecule has 0 atom stereocenters. The Morgan fingerprint density at radius 2 is 1.81 bits per heavy atom. The fraction of sp³-hybridized carbons (Fsp3) is 0.158.